The van der Waals surface area contributed by atoms with Gasteiger partial charge in [-0.15, -0.1) is 0 Å². The molecule has 1 heterocycles. The first kappa shape index (κ1) is 12.8. The summed E-state index contributed by atoms with van der Waals surface area (Å²) in [7, 11) is 0. The van der Waals surface area contributed by atoms with Crippen LogP contribution in [0.4, 0.5) is 0 Å². The molecule has 0 radical (unpaired) electrons. The van der Waals surface area contributed by atoms with Crippen LogP contribution in [0.25, 0.3) is 0 Å². The van der Waals surface area contributed by atoms with Gasteiger partial charge in [-0.3, -0.25) is 0 Å². The Bertz CT molecular complexity index is 200. The SMILES string of the molecule is OC[C@@H](O)[C@H](O)[C@@H]1NC[C@H](O)[C@H](O)[C@H]1O. The van der Waals surface area contributed by atoms with E-state index in [0.717, 1.165) is 0 Å². The molecule has 1 aliphatic heterocycles. The Morgan fingerprint density at radius 2 is 1.73 bits per heavy atom. The van der Waals surface area contributed by atoms with E-state index in [0.29, 0.717) is 0 Å². The van der Waals surface area contributed by atoms with E-state index in [2.05, 4.69) is 5.32 Å². The zero-order valence-corrected chi connectivity index (χ0v) is 8.06. The molecule has 90 valence electrons. The molecule has 7 N–H and O–H groups in total. The van der Waals surface area contributed by atoms with Crippen LogP contribution in [-0.2, 0) is 0 Å². The Morgan fingerprint density at radius 1 is 1.13 bits per heavy atom. The fraction of sp³-hybridized carbons (Fsp3) is 1.00. The van der Waals surface area contributed by atoms with Crippen LogP contribution in [-0.4, -0.2) is 80.4 Å². The van der Waals surface area contributed by atoms with Crippen LogP contribution < -0.4 is 5.32 Å². The molecule has 1 fully saturated rings. The van der Waals surface area contributed by atoms with Crippen LogP contribution in [0.1, 0.15) is 0 Å². The van der Waals surface area contributed by atoms with Crippen LogP contribution in [0.2, 0.25) is 0 Å². The second-order valence-electron chi connectivity index (χ2n) is 3.72. The van der Waals surface area contributed by atoms with Gasteiger partial charge in [-0.25, -0.2) is 0 Å². The third kappa shape index (κ3) is 2.64. The minimum Gasteiger partial charge on any atom is -0.394 e. The van der Waals surface area contributed by atoms with Gasteiger partial charge >= 0.3 is 0 Å². The van der Waals surface area contributed by atoms with Crippen molar-refractivity contribution in [1.29, 1.82) is 0 Å². The molecule has 0 unspecified atom stereocenters. The van der Waals surface area contributed by atoms with Crippen molar-refractivity contribution in [3.05, 3.63) is 0 Å². The van der Waals surface area contributed by atoms with Gasteiger partial charge in [0.25, 0.3) is 0 Å². The highest BCUT2D eigenvalue weighted by Crippen LogP contribution is 2.15. The highest BCUT2D eigenvalue weighted by molar-refractivity contribution is 4.97. The molecule has 15 heavy (non-hydrogen) atoms. The fourth-order valence-corrected chi connectivity index (χ4v) is 1.61. The molecule has 0 aromatic heterocycles. The van der Waals surface area contributed by atoms with Gasteiger partial charge in [0.2, 0.25) is 0 Å². The molecule has 0 aromatic rings. The number of rotatable bonds is 3. The first-order valence-electron chi connectivity index (χ1n) is 4.73. The zero-order valence-electron chi connectivity index (χ0n) is 8.06. The van der Waals surface area contributed by atoms with Gasteiger partial charge in [-0.05, 0) is 0 Å². The van der Waals surface area contributed by atoms with E-state index >= 15 is 0 Å². The average molecular weight is 223 g/mol. The number of hydrogen-bond donors (Lipinski definition) is 7. The molecular formula is C8H17NO6. The molecule has 7 nitrogen and oxygen atoms in total. The van der Waals surface area contributed by atoms with Crippen molar-refractivity contribution in [2.75, 3.05) is 13.2 Å². The van der Waals surface area contributed by atoms with Gasteiger partial charge in [0.1, 0.15) is 24.4 Å². The van der Waals surface area contributed by atoms with E-state index in [1.54, 1.807) is 0 Å². The normalized spacial score (nSPS) is 41.2. The van der Waals surface area contributed by atoms with Crippen molar-refractivity contribution in [2.24, 2.45) is 0 Å². The zero-order chi connectivity index (χ0) is 11.6. The summed E-state index contributed by atoms with van der Waals surface area (Å²) in [6, 6.07) is -0.981. The summed E-state index contributed by atoms with van der Waals surface area (Å²) < 4.78 is 0. The summed E-state index contributed by atoms with van der Waals surface area (Å²) in [5.41, 5.74) is 0. The predicted octanol–water partition coefficient (Wildman–Crippen LogP) is -4.24. The van der Waals surface area contributed by atoms with Crippen molar-refractivity contribution >= 4 is 0 Å². The summed E-state index contributed by atoms with van der Waals surface area (Å²) in [4.78, 5) is 0. The lowest BCUT2D eigenvalue weighted by molar-refractivity contribution is -0.132. The first-order chi connectivity index (χ1) is 6.99. The molecule has 0 saturated carbocycles. The van der Waals surface area contributed by atoms with E-state index in [9.17, 15) is 20.4 Å². The Balaban J connectivity index is 2.62. The highest BCUT2D eigenvalue weighted by Gasteiger charge is 2.41. The lowest BCUT2D eigenvalue weighted by atomic mass is 9.90. The molecule has 0 bridgehead atoms. The van der Waals surface area contributed by atoms with E-state index in [1.165, 1.54) is 0 Å². The molecule has 0 amide bonds. The standard InChI is InChI=1S/C8H17NO6/c10-2-4(12)6(13)5-8(15)7(14)3(11)1-9-5/h3-15H,1-2H2/t3-,4+,5-,6-,7-,8-/m0/s1. The molecule has 1 saturated heterocycles. The maximum absolute atomic E-state index is 9.50. The lowest BCUT2D eigenvalue weighted by Gasteiger charge is -2.39. The third-order valence-electron chi connectivity index (χ3n) is 2.62. The van der Waals surface area contributed by atoms with Crippen LogP contribution in [0.5, 0.6) is 0 Å². The molecule has 1 aliphatic rings. The van der Waals surface area contributed by atoms with Crippen LogP contribution in [0, 0.1) is 0 Å². The number of aliphatic hydroxyl groups excluding tert-OH is 6. The quantitative estimate of drug-likeness (QED) is 0.258. The topological polar surface area (TPSA) is 133 Å². The van der Waals surface area contributed by atoms with Gasteiger partial charge in [-0.2, -0.15) is 0 Å². The van der Waals surface area contributed by atoms with Crippen LogP contribution >= 0.6 is 0 Å². The van der Waals surface area contributed by atoms with E-state index in [4.69, 9.17) is 10.2 Å². The van der Waals surface area contributed by atoms with Crippen molar-refractivity contribution in [2.45, 2.75) is 36.6 Å². The molecule has 0 spiro atoms. The van der Waals surface area contributed by atoms with Crippen molar-refractivity contribution in [1.82, 2.24) is 5.32 Å². The molecule has 7 heteroatoms. The number of nitrogens with one attached hydrogen (secondary N) is 1. The molecule has 6 atom stereocenters. The number of aliphatic hydroxyl groups is 6. The van der Waals surface area contributed by atoms with Crippen molar-refractivity contribution < 1.29 is 30.6 Å². The molecular weight excluding hydrogens is 206 g/mol. The minimum atomic E-state index is -1.41. The van der Waals surface area contributed by atoms with Gasteiger partial charge in [0, 0.05) is 6.54 Å². The average Bonchev–Trinajstić information content (AvgIpc) is 2.24. The molecule has 1 rings (SSSR count). The Morgan fingerprint density at radius 3 is 2.27 bits per heavy atom. The predicted molar refractivity (Wildman–Crippen MR) is 48.9 cm³/mol. The lowest BCUT2D eigenvalue weighted by Crippen LogP contribution is -2.65. The Labute approximate surface area is 86.6 Å². The van der Waals surface area contributed by atoms with Crippen molar-refractivity contribution in [3.8, 4) is 0 Å². The summed E-state index contributed by atoms with van der Waals surface area (Å²) in [5.74, 6) is 0. The third-order valence-corrected chi connectivity index (χ3v) is 2.62. The maximum atomic E-state index is 9.50. The van der Waals surface area contributed by atoms with E-state index < -0.39 is 43.2 Å². The van der Waals surface area contributed by atoms with E-state index in [-0.39, 0.29) is 6.54 Å². The number of piperidine rings is 1. The monoisotopic (exact) mass is 223 g/mol. The summed E-state index contributed by atoms with van der Waals surface area (Å²) in [6.45, 7) is -0.650. The number of β-amino-alcohol motifs (C(OH)–C–C–N with tert-alkyl or cyclic N) is 1. The maximum Gasteiger partial charge on any atom is 0.109 e. The van der Waals surface area contributed by atoms with Gasteiger partial charge in [0.15, 0.2) is 0 Å². The summed E-state index contributed by atoms with van der Waals surface area (Å²) in [6.07, 6.45) is -6.71. The molecule has 0 aliphatic carbocycles. The second kappa shape index (κ2) is 5.17. The van der Waals surface area contributed by atoms with Crippen molar-refractivity contribution in [3.63, 3.8) is 0 Å². The first-order valence-corrected chi connectivity index (χ1v) is 4.73. The van der Waals surface area contributed by atoms with E-state index in [1.807, 2.05) is 0 Å². The highest BCUT2D eigenvalue weighted by atomic mass is 16.4. The fourth-order valence-electron chi connectivity index (χ4n) is 1.61. The van der Waals surface area contributed by atoms with Gasteiger partial charge in [-0.1, -0.05) is 0 Å². The summed E-state index contributed by atoms with van der Waals surface area (Å²) >= 11 is 0. The largest absolute Gasteiger partial charge is 0.394 e. The minimum absolute atomic E-state index is 0.00188. The Hall–Kier alpha value is -0.280. The number of hydrogen-bond acceptors (Lipinski definition) is 7. The summed E-state index contributed by atoms with van der Waals surface area (Å²) in [5, 5.41) is 57.8. The Kier molecular flexibility index (Phi) is 4.41. The molecule has 0 aromatic carbocycles. The second-order valence-corrected chi connectivity index (χ2v) is 3.72. The van der Waals surface area contributed by atoms with Gasteiger partial charge < -0.3 is 36.0 Å². The van der Waals surface area contributed by atoms with Crippen LogP contribution in [0.15, 0.2) is 0 Å². The van der Waals surface area contributed by atoms with Gasteiger partial charge in [0.05, 0.1) is 18.8 Å². The van der Waals surface area contributed by atoms with Crippen LogP contribution in [0.3, 0.4) is 0 Å². The smallest absolute Gasteiger partial charge is 0.109 e.